The van der Waals surface area contributed by atoms with Gasteiger partial charge in [0.05, 0.1) is 40.4 Å². The van der Waals surface area contributed by atoms with Gasteiger partial charge in [0.25, 0.3) is 0 Å². The number of hydrogen-bond donors (Lipinski definition) is 0. The molecule has 0 spiro atoms. The third kappa shape index (κ3) is 3.80. The van der Waals surface area contributed by atoms with E-state index in [0.29, 0.717) is 51.2 Å². The maximum absolute atomic E-state index is 13.3. The van der Waals surface area contributed by atoms with Crippen LogP contribution >= 0.6 is 0 Å². The highest BCUT2D eigenvalue weighted by Crippen LogP contribution is 2.50. The molecule has 1 atom stereocenters. The summed E-state index contributed by atoms with van der Waals surface area (Å²) in [5, 5.41) is 0. The number of benzene rings is 3. The van der Waals surface area contributed by atoms with Gasteiger partial charge < -0.3 is 28.4 Å². The molecule has 0 bridgehead atoms. The van der Waals surface area contributed by atoms with Crippen molar-refractivity contribution in [1.82, 2.24) is 0 Å². The molecule has 8 heteroatoms. The molecule has 0 amide bonds. The summed E-state index contributed by atoms with van der Waals surface area (Å²) < 4.78 is 33.4. The molecule has 3 aromatic carbocycles. The van der Waals surface area contributed by atoms with E-state index in [4.69, 9.17) is 28.4 Å². The quantitative estimate of drug-likeness (QED) is 0.278. The Labute approximate surface area is 207 Å². The van der Waals surface area contributed by atoms with Crippen LogP contribution in [-0.4, -0.2) is 40.2 Å². The van der Waals surface area contributed by atoms with Crippen molar-refractivity contribution in [2.45, 2.75) is 12.3 Å². The average Bonchev–Trinajstić information content (AvgIpc) is 3.22. The predicted molar refractivity (Wildman–Crippen MR) is 131 cm³/mol. The molecule has 36 heavy (non-hydrogen) atoms. The van der Waals surface area contributed by atoms with Gasteiger partial charge in [-0.15, -0.1) is 0 Å². The SMILES string of the molecule is COc1ccccc1[C@H]1CC(=O)Oc2ccc3c(c21)O/C(=C\c1cc(OC)c(OC)c(OC)c1)C3=O. The summed E-state index contributed by atoms with van der Waals surface area (Å²) in [7, 11) is 6.14. The lowest BCUT2D eigenvalue weighted by molar-refractivity contribution is -0.135. The molecule has 0 saturated carbocycles. The molecule has 5 rings (SSSR count). The van der Waals surface area contributed by atoms with Crippen LogP contribution in [0, 0.1) is 0 Å². The van der Waals surface area contributed by atoms with Crippen LogP contribution in [0.4, 0.5) is 0 Å². The fourth-order valence-corrected chi connectivity index (χ4v) is 4.66. The third-order valence-electron chi connectivity index (χ3n) is 6.28. The molecule has 0 unspecified atom stereocenters. The van der Waals surface area contributed by atoms with Gasteiger partial charge in [-0.1, -0.05) is 18.2 Å². The molecular weight excluding hydrogens is 464 g/mol. The molecule has 3 aromatic rings. The summed E-state index contributed by atoms with van der Waals surface area (Å²) in [6.45, 7) is 0. The number of hydrogen-bond acceptors (Lipinski definition) is 8. The highest BCUT2D eigenvalue weighted by molar-refractivity contribution is 6.15. The van der Waals surface area contributed by atoms with Crippen LogP contribution in [0.25, 0.3) is 6.08 Å². The maximum Gasteiger partial charge on any atom is 0.312 e. The van der Waals surface area contributed by atoms with E-state index >= 15 is 0 Å². The lowest BCUT2D eigenvalue weighted by Crippen LogP contribution is -2.22. The molecule has 184 valence electrons. The second kappa shape index (κ2) is 9.30. The Balaban J connectivity index is 1.61. The number of ketones is 1. The molecule has 0 saturated heterocycles. The third-order valence-corrected chi connectivity index (χ3v) is 6.28. The van der Waals surface area contributed by atoms with E-state index in [-0.39, 0.29) is 23.9 Å². The summed E-state index contributed by atoms with van der Waals surface area (Å²) >= 11 is 0. The number of fused-ring (bicyclic) bond motifs is 3. The first-order valence-electron chi connectivity index (χ1n) is 11.2. The van der Waals surface area contributed by atoms with Crippen LogP contribution < -0.4 is 28.4 Å². The van der Waals surface area contributed by atoms with Crippen molar-refractivity contribution in [1.29, 1.82) is 0 Å². The Morgan fingerprint density at radius 1 is 0.833 bits per heavy atom. The number of esters is 1. The summed E-state index contributed by atoms with van der Waals surface area (Å²) in [5.74, 6) is 1.80. The number of methoxy groups -OCH3 is 4. The highest BCUT2D eigenvalue weighted by atomic mass is 16.5. The van der Waals surface area contributed by atoms with E-state index in [1.165, 1.54) is 21.3 Å². The van der Waals surface area contributed by atoms with Crippen molar-refractivity contribution in [3.05, 3.63) is 76.5 Å². The topological polar surface area (TPSA) is 89.5 Å². The van der Waals surface area contributed by atoms with E-state index in [0.717, 1.165) is 5.56 Å². The molecule has 2 aliphatic heterocycles. The van der Waals surface area contributed by atoms with Crippen molar-refractivity contribution < 1.29 is 38.0 Å². The Morgan fingerprint density at radius 2 is 1.53 bits per heavy atom. The first-order valence-corrected chi connectivity index (χ1v) is 11.2. The summed E-state index contributed by atoms with van der Waals surface area (Å²) in [5.41, 5.74) is 2.47. The standard InChI is InChI=1S/C28H24O8/c1-31-19-8-6-5-7-16(19)18-14-24(29)35-20-10-9-17-26(30)21(36-27(17)25(18)20)11-15-12-22(32-2)28(34-4)23(13-15)33-3/h5-13,18H,14H2,1-4H3/b21-11-/t18-/m1/s1. The largest absolute Gasteiger partial charge is 0.496 e. The number of allylic oxidation sites excluding steroid dienone is 1. The lowest BCUT2D eigenvalue weighted by Gasteiger charge is -2.27. The molecule has 8 nitrogen and oxygen atoms in total. The van der Waals surface area contributed by atoms with Crippen molar-refractivity contribution in [3.63, 3.8) is 0 Å². The van der Waals surface area contributed by atoms with Gasteiger partial charge in [-0.05, 0) is 42.0 Å². The van der Waals surface area contributed by atoms with Crippen LogP contribution in [0.15, 0.2) is 54.3 Å². The highest BCUT2D eigenvalue weighted by Gasteiger charge is 2.39. The molecule has 0 aromatic heterocycles. The van der Waals surface area contributed by atoms with Crippen molar-refractivity contribution in [2.24, 2.45) is 0 Å². The van der Waals surface area contributed by atoms with Gasteiger partial charge in [0.1, 0.15) is 17.2 Å². The first-order chi connectivity index (χ1) is 17.5. The summed E-state index contributed by atoms with van der Waals surface area (Å²) in [6.07, 6.45) is 1.71. The minimum absolute atomic E-state index is 0.0906. The van der Waals surface area contributed by atoms with Crippen LogP contribution in [0.2, 0.25) is 0 Å². The fraction of sp³-hybridized carbons (Fsp3) is 0.214. The number of carbonyl (C=O) groups is 2. The lowest BCUT2D eigenvalue weighted by atomic mass is 9.84. The number of Topliss-reactive ketones (excluding diaryl/α,β-unsaturated/α-hetero) is 1. The fourth-order valence-electron chi connectivity index (χ4n) is 4.66. The van der Waals surface area contributed by atoms with E-state index in [9.17, 15) is 9.59 Å². The van der Waals surface area contributed by atoms with Crippen LogP contribution in [0.1, 0.15) is 39.4 Å². The zero-order valence-electron chi connectivity index (χ0n) is 20.2. The van der Waals surface area contributed by atoms with Gasteiger partial charge in [-0.2, -0.15) is 0 Å². The monoisotopic (exact) mass is 488 g/mol. The van der Waals surface area contributed by atoms with Crippen LogP contribution in [0.3, 0.4) is 0 Å². The Kier molecular flexibility index (Phi) is 6.01. The van der Waals surface area contributed by atoms with Gasteiger partial charge in [0.2, 0.25) is 11.5 Å². The summed E-state index contributed by atoms with van der Waals surface area (Å²) in [4.78, 5) is 25.8. The van der Waals surface area contributed by atoms with E-state index in [1.807, 2.05) is 24.3 Å². The smallest absolute Gasteiger partial charge is 0.312 e. The first kappa shape index (κ1) is 23.3. The molecule has 2 aliphatic rings. The Hall–Kier alpha value is -4.46. The second-order valence-electron chi connectivity index (χ2n) is 8.23. The zero-order valence-corrected chi connectivity index (χ0v) is 20.2. The minimum atomic E-state index is -0.402. The minimum Gasteiger partial charge on any atom is -0.496 e. The van der Waals surface area contributed by atoms with Gasteiger partial charge in [0.15, 0.2) is 17.3 Å². The van der Waals surface area contributed by atoms with Crippen molar-refractivity contribution in [3.8, 4) is 34.5 Å². The molecule has 2 heterocycles. The van der Waals surface area contributed by atoms with Crippen molar-refractivity contribution in [2.75, 3.05) is 28.4 Å². The van der Waals surface area contributed by atoms with E-state index in [1.54, 1.807) is 37.5 Å². The number of para-hydroxylation sites is 1. The number of ether oxygens (including phenoxy) is 6. The van der Waals surface area contributed by atoms with Crippen LogP contribution in [-0.2, 0) is 4.79 Å². The number of carbonyl (C=O) groups excluding carboxylic acids is 2. The van der Waals surface area contributed by atoms with Crippen molar-refractivity contribution >= 4 is 17.8 Å². The average molecular weight is 488 g/mol. The summed E-state index contributed by atoms with van der Waals surface area (Å²) in [6, 6.07) is 14.2. The Morgan fingerprint density at radius 3 is 2.19 bits per heavy atom. The Bertz CT molecular complexity index is 1380. The zero-order chi connectivity index (χ0) is 25.4. The predicted octanol–water partition coefficient (Wildman–Crippen LogP) is 4.78. The number of rotatable bonds is 6. The van der Waals surface area contributed by atoms with E-state index in [2.05, 4.69) is 0 Å². The molecule has 0 radical (unpaired) electrons. The molecule has 0 N–H and O–H groups in total. The van der Waals surface area contributed by atoms with Gasteiger partial charge >= 0.3 is 5.97 Å². The molecule has 0 aliphatic carbocycles. The normalized spacial score (nSPS) is 17.1. The van der Waals surface area contributed by atoms with Gasteiger partial charge in [-0.25, -0.2) is 0 Å². The second-order valence-corrected chi connectivity index (χ2v) is 8.23. The van der Waals surface area contributed by atoms with E-state index < -0.39 is 5.92 Å². The maximum atomic E-state index is 13.3. The molecular formula is C28H24O8. The van der Waals surface area contributed by atoms with Gasteiger partial charge in [-0.3, -0.25) is 9.59 Å². The van der Waals surface area contributed by atoms with Gasteiger partial charge in [0, 0.05) is 17.0 Å². The van der Waals surface area contributed by atoms with Crippen LogP contribution in [0.5, 0.6) is 34.5 Å². The molecule has 0 fully saturated rings.